The lowest BCUT2D eigenvalue weighted by Gasteiger charge is -2.36. The van der Waals surface area contributed by atoms with Gasteiger partial charge in [-0.3, -0.25) is 24.2 Å². The normalized spacial score (nSPS) is 19.6. The molecule has 2 atom stereocenters. The molecule has 0 spiro atoms. The van der Waals surface area contributed by atoms with Crippen LogP contribution in [0.1, 0.15) is 50.1 Å². The Kier molecular flexibility index (Phi) is 8.25. The molecule has 1 unspecified atom stereocenters. The van der Waals surface area contributed by atoms with E-state index in [1.165, 1.54) is 35.5 Å². The Morgan fingerprint density at radius 2 is 1.73 bits per heavy atom. The number of halogens is 4. The molecule has 3 aromatic rings. The van der Waals surface area contributed by atoms with Crippen molar-refractivity contribution in [1.82, 2.24) is 15.3 Å². The van der Waals surface area contributed by atoms with Crippen molar-refractivity contribution in [3.8, 4) is 0 Å². The van der Waals surface area contributed by atoms with Crippen molar-refractivity contribution in [2.24, 2.45) is 0 Å². The van der Waals surface area contributed by atoms with Crippen LogP contribution < -0.4 is 15.1 Å². The smallest absolute Gasteiger partial charge is 0.251 e. The first-order valence-electron chi connectivity index (χ1n) is 13.2. The molecule has 2 heterocycles. The van der Waals surface area contributed by atoms with Crippen LogP contribution >= 0.6 is 11.6 Å². The summed E-state index contributed by atoms with van der Waals surface area (Å²) < 4.78 is 42.2. The molecule has 3 amide bonds. The molecule has 2 aromatic carbocycles. The van der Waals surface area contributed by atoms with Crippen molar-refractivity contribution >= 4 is 41.0 Å². The lowest BCUT2D eigenvalue weighted by Crippen LogP contribution is -2.53. The molecule has 1 aliphatic carbocycles. The van der Waals surface area contributed by atoms with Gasteiger partial charge in [0, 0.05) is 54.0 Å². The molecule has 8 nitrogen and oxygen atoms in total. The second-order valence-electron chi connectivity index (χ2n) is 10.1. The fourth-order valence-electron chi connectivity index (χ4n) is 5.33. The number of benzene rings is 2. The number of carbonyl (C=O) groups is 3. The van der Waals surface area contributed by atoms with E-state index in [-0.39, 0.29) is 66.7 Å². The topological polar surface area (TPSA) is 95.5 Å². The summed E-state index contributed by atoms with van der Waals surface area (Å²) in [6, 6.07) is 10.1. The summed E-state index contributed by atoms with van der Waals surface area (Å²) in [6.45, 7) is 0. The molecule has 41 heavy (non-hydrogen) atoms. The summed E-state index contributed by atoms with van der Waals surface area (Å²) in [5, 5.41) is 2.99. The van der Waals surface area contributed by atoms with Crippen LogP contribution in [0.2, 0.25) is 5.02 Å². The molecule has 1 aliphatic heterocycles. The standard InChI is InChI=1S/C29H27ClF3N5O3/c30-22-8-2-1-7-21(22)25(26(40)36-19-11-13-29(32,33)14-12-19)37(20-6-3-5-18(31)17-20)27(41)23-9-10-24(39)38(23)28-34-15-4-16-35-28/h1-8,15-17,19,23,25H,9-14H2,(H,36,40)/t23?,25-/m0/s1. The highest BCUT2D eigenvalue weighted by Gasteiger charge is 2.45. The van der Waals surface area contributed by atoms with E-state index < -0.39 is 41.7 Å². The Morgan fingerprint density at radius 3 is 2.41 bits per heavy atom. The van der Waals surface area contributed by atoms with E-state index in [1.54, 1.807) is 30.3 Å². The average molecular weight is 586 g/mol. The van der Waals surface area contributed by atoms with Crippen molar-refractivity contribution < 1.29 is 27.6 Å². The number of rotatable bonds is 7. The number of carbonyl (C=O) groups excluding carboxylic acids is 3. The van der Waals surface area contributed by atoms with Gasteiger partial charge in [-0.25, -0.2) is 23.1 Å². The minimum atomic E-state index is -2.80. The molecule has 0 bridgehead atoms. The van der Waals surface area contributed by atoms with E-state index in [0.29, 0.717) is 0 Å². The maximum atomic E-state index is 14.5. The van der Waals surface area contributed by atoms with Crippen molar-refractivity contribution in [3.63, 3.8) is 0 Å². The summed E-state index contributed by atoms with van der Waals surface area (Å²) in [5.41, 5.74) is 0.302. The fourth-order valence-corrected chi connectivity index (χ4v) is 5.57. The highest BCUT2D eigenvalue weighted by molar-refractivity contribution is 6.31. The zero-order chi connectivity index (χ0) is 29.1. The van der Waals surface area contributed by atoms with Crippen LogP contribution in [-0.2, 0) is 14.4 Å². The van der Waals surface area contributed by atoms with Gasteiger partial charge in [0.2, 0.25) is 23.7 Å². The molecule has 2 aliphatic rings. The lowest BCUT2D eigenvalue weighted by molar-refractivity contribution is -0.128. The first-order chi connectivity index (χ1) is 19.6. The quantitative estimate of drug-likeness (QED) is 0.410. The Bertz CT molecular complexity index is 1430. The molecule has 214 valence electrons. The van der Waals surface area contributed by atoms with Crippen molar-refractivity contribution in [1.29, 1.82) is 0 Å². The van der Waals surface area contributed by atoms with E-state index in [4.69, 9.17) is 11.6 Å². The van der Waals surface area contributed by atoms with Crippen LogP contribution in [0.4, 0.5) is 24.8 Å². The van der Waals surface area contributed by atoms with Crippen molar-refractivity contribution in [3.05, 3.63) is 83.4 Å². The molecule has 0 radical (unpaired) electrons. The van der Waals surface area contributed by atoms with Gasteiger partial charge in [-0.15, -0.1) is 0 Å². The van der Waals surface area contributed by atoms with Gasteiger partial charge < -0.3 is 5.32 Å². The third-order valence-corrected chi connectivity index (χ3v) is 7.70. The Balaban J connectivity index is 1.58. The molecule has 1 saturated heterocycles. The van der Waals surface area contributed by atoms with Crippen molar-refractivity contribution in [2.75, 3.05) is 9.80 Å². The van der Waals surface area contributed by atoms with Gasteiger partial charge in [-0.2, -0.15) is 0 Å². The number of anilines is 2. The van der Waals surface area contributed by atoms with E-state index in [1.807, 2.05) is 0 Å². The van der Waals surface area contributed by atoms with Gasteiger partial charge in [0.25, 0.3) is 5.91 Å². The number of amides is 3. The summed E-state index contributed by atoms with van der Waals surface area (Å²) in [5.74, 6) is -5.16. The molecular formula is C29H27ClF3N5O3. The summed E-state index contributed by atoms with van der Waals surface area (Å²) in [6.07, 6.45) is 2.37. The van der Waals surface area contributed by atoms with E-state index in [2.05, 4.69) is 15.3 Å². The van der Waals surface area contributed by atoms with Gasteiger partial charge in [0.05, 0.1) is 0 Å². The van der Waals surface area contributed by atoms with Crippen LogP contribution in [0.3, 0.4) is 0 Å². The summed E-state index contributed by atoms with van der Waals surface area (Å²) in [7, 11) is 0. The molecule has 2 fully saturated rings. The molecule has 1 aromatic heterocycles. The summed E-state index contributed by atoms with van der Waals surface area (Å²) >= 11 is 6.54. The summed E-state index contributed by atoms with van der Waals surface area (Å²) in [4.78, 5) is 51.9. The molecular weight excluding hydrogens is 559 g/mol. The Hall–Kier alpha value is -3.99. The monoisotopic (exact) mass is 585 g/mol. The second-order valence-corrected chi connectivity index (χ2v) is 10.5. The largest absolute Gasteiger partial charge is 0.351 e. The van der Waals surface area contributed by atoms with Crippen LogP contribution in [-0.4, -0.2) is 45.7 Å². The molecule has 12 heteroatoms. The Morgan fingerprint density at radius 1 is 1.02 bits per heavy atom. The molecule has 1 saturated carbocycles. The van der Waals surface area contributed by atoms with E-state index in [0.717, 1.165) is 11.0 Å². The SMILES string of the molecule is O=C(NC1CCC(F)(F)CC1)[C@H](c1ccccc1Cl)N(C(=O)C1CCC(=O)N1c1ncccn1)c1cccc(F)c1. The van der Waals surface area contributed by atoms with Crippen LogP contribution in [0.5, 0.6) is 0 Å². The van der Waals surface area contributed by atoms with Gasteiger partial charge in [0.15, 0.2) is 0 Å². The second kappa shape index (κ2) is 11.9. The Labute approximate surface area is 239 Å². The number of hydrogen-bond donors (Lipinski definition) is 1. The van der Waals surface area contributed by atoms with Gasteiger partial charge in [-0.1, -0.05) is 35.9 Å². The van der Waals surface area contributed by atoms with Crippen molar-refractivity contribution in [2.45, 2.75) is 62.6 Å². The van der Waals surface area contributed by atoms with Gasteiger partial charge >= 0.3 is 0 Å². The predicted octanol–water partition coefficient (Wildman–Crippen LogP) is 5.23. The number of hydrogen-bond acceptors (Lipinski definition) is 5. The number of alkyl halides is 2. The van der Waals surface area contributed by atoms with Crippen LogP contribution in [0.25, 0.3) is 0 Å². The fraction of sp³-hybridized carbons (Fsp3) is 0.345. The highest BCUT2D eigenvalue weighted by atomic mass is 35.5. The zero-order valence-corrected chi connectivity index (χ0v) is 22.6. The molecule has 1 N–H and O–H groups in total. The third-order valence-electron chi connectivity index (χ3n) is 7.36. The van der Waals surface area contributed by atoms with E-state index >= 15 is 0 Å². The number of aromatic nitrogens is 2. The molecule has 5 rings (SSSR count). The number of nitrogens with one attached hydrogen (secondary N) is 1. The third kappa shape index (κ3) is 6.19. The zero-order valence-electron chi connectivity index (χ0n) is 21.9. The average Bonchev–Trinajstić information content (AvgIpc) is 3.34. The first kappa shape index (κ1) is 28.5. The number of nitrogens with zero attached hydrogens (tertiary/aromatic N) is 4. The maximum absolute atomic E-state index is 14.5. The predicted molar refractivity (Wildman–Crippen MR) is 146 cm³/mol. The minimum Gasteiger partial charge on any atom is -0.351 e. The van der Waals surface area contributed by atoms with Gasteiger partial charge in [-0.05, 0) is 49.6 Å². The van der Waals surface area contributed by atoms with E-state index in [9.17, 15) is 27.6 Å². The van der Waals surface area contributed by atoms with Gasteiger partial charge in [0.1, 0.15) is 17.9 Å². The lowest BCUT2D eigenvalue weighted by atomic mass is 9.91. The highest BCUT2D eigenvalue weighted by Crippen LogP contribution is 2.37. The van der Waals surface area contributed by atoms with Crippen LogP contribution in [0, 0.1) is 5.82 Å². The van der Waals surface area contributed by atoms with Crippen LogP contribution in [0.15, 0.2) is 67.0 Å². The maximum Gasteiger partial charge on any atom is 0.251 e. The first-order valence-corrected chi connectivity index (χ1v) is 13.6. The minimum absolute atomic E-state index is 0.0226.